The van der Waals surface area contributed by atoms with Crippen molar-refractivity contribution >= 4 is 34.3 Å². The number of ether oxygens (including phenoxy) is 1. The van der Waals surface area contributed by atoms with Crippen molar-refractivity contribution < 1.29 is 37.0 Å². The minimum absolute atomic E-state index is 0.0340. The summed E-state index contributed by atoms with van der Waals surface area (Å²) in [4.78, 5) is 29.2. The van der Waals surface area contributed by atoms with Gasteiger partial charge in [-0.25, -0.2) is 9.37 Å². The molecule has 2 atom stereocenters. The van der Waals surface area contributed by atoms with Crippen molar-refractivity contribution in [3.05, 3.63) is 76.3 Å². The third-order valence-electron chi connectivity index (χ3n) is 6.89. The molecule has 1 unspecified atom stereocenters. The zero-order chi connectivity index (χ0) is 29.0. The standard InChI is InChI=1S/C26H20ClF4N5O4/c1-24(23(32)38)11-40-21-16(24)8-18(35-20(21)12-2-4-15(28)5-3-12)25(39,26(29,30)31)10-33-22(37)13-6-14-9-34-36-19(14)17(27)7-13/h2-9,39H,10-11H2,1H3,(H2,32,38)(H,33,37)(H,34,36)/t24-,25?/m0/s1. The van der Waals surface area contributed by atoms with Gasteiger partial charge in [-0.3, -0.25) is 14.7 Å². The van der Waals surface area contributed by atoms with Gasteiger partial charge in [-0.1, -0.05) is 11.6 Å². The minimum atomic E-state index is -5.35. The molecule has 2 aromatic heterocycles. The minimum Gasteiger partial charge on any atom is -0.489 e. The number of amides is 2. The zero-order valence-electron chi connectivity index (χ0n) is 20.6. The second-order valence-corrected chi connectivity index (χ2v) is 9.96. The molecule has 0 spiro atoms. The van der Waals surface area contributed by atoms with E-state index >= 15 is 0 Å². The predicted molar refractivity (Wildman–Crippen MR) is 135 cm³/mol. The number of nitrogens with two attached hydrogens (primary N) is 1. The number of alkyl halides is 3. The highest BCUT2D eigenvalue weighted by Crippen LogP contribution is 2.47. The Balaban J connectivity index is 1.60. The van der Waals surface area contributed by atoms with Gasteiger partial charge in [0.25, 0.3) is 5.91 Å². The molecule has 1 aliphatic rings. The van der Waals surface area contributed by atoms with Crippen LogP contribution in [0.1, 0.15) is 28.5 Å². The highest BCUT2D eigenvalue weighted by atomic mass is 35.5. The van der Waals surface area contributed by atoms with E-state index in [9.17, 15) is 32.3 Å². The molecule has 4 aromatic rings. The van der Waals surface area contributed by atoms with Crippen LogP contribution >= 0.6 is 11.6 Å². The number of halogens is 5. The Morgan fingerprint density at radius 1 is 1.23 bits per heavy atom. The maximum Gasteiger partial charge on any atom is 0.424 e. The number of nitrogens with zero attached hydrogens (tertiary/aromatic N) is 2. The summed E-state index contributed by atoms with van der Waals surface area (Å²) in [5.74, 6) is -2.49. The summed E-state index contributed by atoms with van der Waals surface area (Å²) in [6.45, 7) is -0.266. The van der Waals surface area contributed by atoms with Crippen molar-refractivity contribution in [3.8, 4) is 17.0 Å². The highest BCUT2D eigenvalue weighted by Gasteiger charge is 2.57. The van der Waals surface area contributed by atoms with Crippen LogP contribution in [-0.2, 0) is 15.8 Å². The van der Waals surface area contributed by atoms with Crippen LogP contribution in [0.3, 0.4) is 0 Å². The summed E-state index contributed by atoms with van der Waals surface area (Å²) in [6, 6.07) is 8.13. The van der Waals surface area contributed by atoms with Gasteiger partial charge in [-0.2, -0.15) is 18.3 Å². The molecule has 0 radical (unpaired) electrons. The first kappa shape index (κ1) is 27.3. The molecule has 2 amide bonds. The lowest BCUT2D eigenvalue weighted by atomic mass is 9.81. The van der Waals surface area contributed by atoms with Gasteiger partial charge in [0.15, 0.2) is 0 Å². The van der Waals surface area contributed by atoms with Crippen molar-refractivity contribution in [2.45, 2.75) is 24.1 Å². The van der Waals surface area contributed by atoms with Gasteiger partial charge in [0.2, 0.25) is 11.5 Å². The van der Waals surface area contributed by atoms with Gasteiger partial charge in [-0.15, -0.1) is 0 Å². The van der Waals surface area contributed by atoms with E-state index in [4.69, 9.17) is 22.1 Å². The molecular weight excluding hydrogens is 558 g/mol. The monoisotopic (exact) mass is 577 g/mol. The molecule has 1 aliphatic heterocycles. The molecule has 3 heterocycles. The number of primary amides is 1. The number of hydrogen-bond acceptors (Lipinski definition) is 6. The fourth-order valence-corrected chi connectivity index (χ4v) is 4.66. The third-order valence-corrected chi connectivity index (χ3v) is 7.19. The molecule has 208 valence electrons. The van der Waals surface area contributed by atoms with E-state index in [1.54, 1.807) is 0 Å². The van der Waals surface area contributed by atoms with E-state index in [0.29, 0.717) is 10.9 Å². The molecule has 14 heteroatoms. The van der Waals surface area contributed by atoms with E-state index < -0.39 is 47.1 Å². The van der Waals surface area contributed by atoms with Crippen LogP contribution in [0.25, 0.3) is 22.2 Å². The molecule has 5 rings (SSSR count). The Bertz CT molecular complexity index is 1660. The number of aromatic nitrogens is 3. The van der Waals surface area contributed by atoms with Crippen LogP contribution < -0.4 is 15.8 Å². The smallest absolute Gasteiger partial charge is 0.424 e. The Morgan fingerprint density at radius 3 is 2.58 bits per heavy atom. The topological polar surface area (TPSA) is 143 Å². The van der Waals surface area contributed by atoms with Crippen molar-refractivity contribution in [3.63, 3.8) is 0 Å². The average molecular weight is 578 g/mol. The number of rotatable bonds is 6. The Labute approximate surface area is 228 Å². The summed E-state index contributed by atoms with van der Waals surface area (Å²) >= 11 is 6.13. The SMILES string of the molecule is C[C@]1(C(N)=O)COc2c1cc(C(O)(CNC(=O)c1cc(Cl)c3[nH]ncc3c1)C(F)(F)F)nc2-c1ccc(F)cc1. The van der Waals surface area contributed by atoms with Crippen molar-refractivity contribution in [2.24, 2.45) is 5.73 Å². The van der Waals surface area contributed by atoms with Crippen LogP contribution in [-0.4, -0.2) is 51.4 Å². The first-order valence-corrected chi connectivity index (χ1v) is 12.1. The van der Waals surface area contributed by atoms with Crippen LogP contribution in [0.4, 0.5) is 17.6 Å². The van der Waals surface area contributed by atoms with E-state index in [1.807, 2.05) is 0 Å². The summed E-state index contributed by atoms with van der Waals surface area (Å²) < 4.78 is 62.8. The maximum absolute atomic E-state index is 14.5. The molecular formula is C26H20ClF4N5O4. The number of benzene rings is 2. The third kappa shape index (κ3) is 4.40. The molecule has 9 nitrogen and oxygen atoms in total. The van der Waals surface area contributed by atoms with Crippen LogP contribution in [0.5, 0.6) is 5.75 Å². The van der Waals surface area contributed by atoms with Crippen molar-refractivity contribution in [2.75, 3.05) is 13.2 Å². The van der Waals surface area contributed by atoms with Gasteiger partial charge >= 0.3 is 6.18 Å². The maximum atomic E-state index is 14.5. The zero-order valence-corrected chi connectivity index (χ0v) is 21.3. The molecule has 2 aromatic carbocycles. The molecule has 0 bridgehead atoms. The van der Waals surface area contributed by atoms with Crippen LogP contribution in [0, 0.1) is 5.82 Å². The lowest BCUT2D eigenvalue weighted by molar-refractivity contribution is -0.265. The lowest BCUT2D eigenvalue weighted by Crippen LogP contribution is -2.51. The highest BCUT2D eigenvalue weighted by molar-refractivity contribution is 6.35. The predicted octanol–water partition coefficient (Wildman–Crippen LogP) is 3.73. The van der Waals surface area contributed by atoms with E-state index in [2.05, 4.69) is 20.5 Å². The first-order chi connectivity index (χ1) is 18.7. The lowest BCUT2D eigenvalue weighted by Gasteiger charge is -2.31. The Hall–Kier alpha value is -4.23. The van der Waals surface area contributed by atoms with Gasteiger partial charge in [-0.05, 0) is 49.4 Å². The summed E-state index contributed by atoms with van der Waals surface area (Å²) in [5, 5.41) is 20.2. The van der Waals surface area contributed by atoms with E-state index in [1.165, 1.54) is 37.4 Å². The average Bonchev–Trinajstić information content (AvgIpc) is 3.52. The van der Waals surface area contributed by atoms with Gasteiger partial charge in [0.1, 0.15) is 29.3 Å². The molecule has 40 heavy (non-hydrogen) atoms. The van der Waals surface area contributed by atoms with Gasteiger partial charge < -0.3 is 20.9 Å². The first-order valence-electron chi connectivity index (χ1n) is 11.7. The second kappa shape index (κ2) is 9.45. The molecule has 0 saturated heterocycles. The quantitative estimate of drug-likeness (QED) is 0.257. The number of carbonyl (C=O) groups is 2. The summed E-state index contributed by atoms with van der Waals surface area (Å²) in [7, 11) is 0. The van der Waals surface area contributed by atoms with Crippen molar-refractivity contribution in [1.29, 1.82) is 0 Å². The molecule has 0 fully saturated rings. The number of hydrogen-bond donors (Lipinski definition) is 4. The fourth-order valence-electron chi connectivity index (χ4n) is 4.39. The number of carbonyl (C=O) groups excluding carboxylic acids is 2. The summed E-state index contributed by atoms with van der Waals surface area (Å²) in [5.41, 5.74) is -0.370. The number of pyridine rings is 1. The number of aromatic amines is 1. The number of aliphatic hydroxyl groups is 1. The van der Waals surface area contributed by atoms with Crippen LogP contribution in [0.2, 0.25) is 5.02 Å². The number of H-pyrrole nitrogens is 1. The number of fused-ring (bicyclic) bond motifs is 2. The second-order valence-electron chi connectivity index (χ2n) is 9.56. The Kier molecular flexibility index (Phi) is 6.46. The van der Waals surface area contributed by atoms with Gasteiger partial charge in [0, 0.05) is 22.1 Å². The number of nitrogens with one attached hydrogen (secondary N) is 2. The van der Waals surface area contributed by atoms with E-state index in [-0.39, 0.29) is 39.8 Å². The van der Waals surface area contributed by atoms with Crippen LogP contribution in [0.15, 0.2) is 48.7 Å². The Morgan fingerprint density at radius 2 is 1.93 bits per heavy atom. The largest absolute Gasteiger partial charge is 0.489 e. The van der Waals surface area contributed by atoms with Crippen molar-refractivity contribution in [1.82, 2.24) is 20.5 Å². The fraction of sp³-hybridized carbons (Fsp3) is 0.231. The molecule has 0 aliphatic carbocycles. The summed E-state index contributed by atoms with van der Waals surface area (Å²) in [6.07, 6.45) is -3.97. The normalized spacial score (nSPS) is 18.2. The van der Waals surface area contributed by atoms with Gasteiger partial charge in [0.05, 0.1) is 29.0 Å². The molecule has 5 N–H and O–H groups in total. The molecule has 0 saturated carbocycles. The van der Waals surface area contributed by atoms with E-state index in [0.717, 1.165) is 18.2 Å².